The molecule has 0 bridgehead atoms. The normalized spacial score (nSPS) is 22.8. The summed E-state index contributed by atoms with van der Waals surface area (Å²) in [4.78, 5) is 24.4. The lowest BCUT2D eigenvalue weighted by molar-refractivity contribution is -0.117. The quantitative estimate of drug-likeness (QED) is 0.778. The highest BCUT2D eigenvalue weighted by Gasteiger charge is 2.34. The first-order chi connectivity index (χ1) is 9.75. The molecule has 3 aliphatic rings. The number of hydrogen-bond acceptors (Lipinski definition) is 2. The van der Waals surface area contributed by atoms with Gasteiger partial charge in [0.05, 0.1) is 11.6 Å². The number of rotatable bonds is 0. The molecule has 0 saturated carbocycles. The summed E-state index contributed by atoms with van der Waals surface area (Å²) >= 11 is 0. The smallest absolute Gasteiger partial charge is 0.252 e. The van der Waals surface area contributed by atoms with E-state index in [1.54, 1.807) is 0 Å². The molecule has 2 aliphatic carbocycles. The Morgan fingerprint density at radius 1 is 1.00 bits per heavy atom. The van der Waals surface area contributed by atoms with Crippen molar-refractivity contribution in [1.29, 1.82) is 0 Å². The lowest BCUT2D eigenvalue weighted by Crippen LogP contribution is -2.42. The van der Waals surface area contributed by atoms with Crippen molar-refractivity contribution in [3.05, 3.63) is 76.9 Å². The van der Waals surface area contributed by atoms with Crippen LogP contribution in [0.15, 0.2) is 65.8 Å². The monoisotopic (exact) mass is 261 g/mol. The van der Waals surface area contributed by atoms with Crippen molar-refractivity contribution in [3.63, 3.8) is 0 Å². The van der Waals surface area contributed by atoms with Crippen LogP contribution in [0.3, 0.4) is 0 Å². The van der Waals surface area contributed by atoms with Crippen LogP contribution in [0.4, 0.5) is 0 Å². The van der Waals surface area contributed by atoms with Gasteiger partial charge in [0.15, 0.2) is 5.78 Å². The van der Waals surface area contributed by atoms with Gasteiger partial charge in [-0.3, -0.25) is 9.59 Å². The molecule has 0 fully saturated rings. The largest absolute Gasteiger partial charge is 0.342 e. The Morgan fingerprint density at radius 3 is 2.65 bits per heavy atom. The van der Waals surface area contributed by atoms with E-state index < -0.39 is 0 Å². The summed E-state index contributed by atoms with van der Waals surface area (Å²) in [6.45, 7) is 0. The van der Waals surface area contributed by atoms with Gasteiger partial charge in [-0.25, -0.2) is 0 Å². The molecule has 3 heteroatoms. The van der Waals surface area contributed by atoms with E-state index in [1.807, 2.05) is 48.6 Å². The van der Waals surface area contributed by atoms with Crippen molar-refractivity contribution < 1.29 is 9.59 Å². The lowest BCUT2D eigenvalue weighted by atomic mass is 9.78. The molecule has 1 aromatic rings. The van der Waals surface area contributed by atoms with Gasteiger partial charge in [0.2, 0.25) is 0 Å². The molecule has 0 spiro atoms. The molecule has 1 unspecified atom stereocenters. The minimum atomic E-state index is -0.184. The maximum Gasteiger partial charge on any atom is 0.252 e. The van der Waals surface area contributed by atoms with Crippen molar-refractivity contribution in [2.24, 2.45) is 0 Å². The second kappa shape index (κ2) is 3.90. The summed E-state index contributed by atoms with van der Waals surface area (Å²) in [5.74, 6) is -0.291. The molecule has 1 aromatic carbocycles. The van der Waals surface area contributed by atoms with E-state index in [4.69, 9.17) is 0 Å². The Kier molecular flexibility index (Phi) is 2.18. The molecule has 1 aliphatic heterocycles. The minimum absolute atomic E-state index is 0.108. The standard InChI is InChI=1S/C17H11NO2/c19-15-9-13-16(11-6-2-1-5-10(11)15)12-7-3-4-8-14(12)18-17(13)20/h1-9,14H,(H,18,20). The third-order valence-electron chi connectivity index (χ3n) is 3.85. The Labute approximate surface area is 116 Å². The summed E-state index contributed by atoms with van der Waals surface area (Å²) in [5.41, 5.74) is 3.91. The number of allylic oxidation sites excluding steroid dienone is 3. The fourth-order valence-corrected chi connectivity index (χ4v) is 2.96. The highest BCUT2D eigenvalue weighted by Crippen LogP contribution is 2.38. The van der Waals surface area contributed by atoms with E-state index in [9.17, 15) is 9.59 Å². The summed E-state index contributed by atoms with van der Waals surface area (Å²) in [5, 5.41) is 2.91. The van der Waals surface area contributed by atoms with E-state index in [0.717, 1.165) is 16.7 Å². The number of hydrogen-bond donors (Lipinski definition) is 1. The van der Waals surface area contributed by atoms with Gasteiger partial charge in [-0.15, -0.1) is 0 Å². The molecule has 96 valence electrons. The molecule has 20 heavy (non-hydrogen) atoms. The zero-order valence-corrected chi connectivity index (χ0v) is 10.6. The van der Waals surface area contributed by atoms with Gasteiger partial charge >= 0.3 is 0 Å². The van der Waals surface area contributed by atoms with Crippen molar-refractivity contribution in [2.75, 3.05) is 0 Å². The average Bonchev–Trinajstić information content (AvgIpc) is 2.48. The first-order valence-electron chi connectivity index (χ1n) is 6.51. The fourth-order valence-electron chi connectivity index (χ4n) is 2.96. The van der Waals surface area contributed by atoms with Crippen molar-refractivity contribution >= 4 is 17.3 Å². The number of amides is 1. The maximum atomic E-state index is 12.2. The molecule has 1 heterocycles. The molecule has 4 rings (SSSR count). The number of benzene rings is 1. The van der Waals surface area contributed by atoms with Crippen LogP contribution in [0.25, 0.3) is 5.57 Å². The van der Waals surface area contributed by atoms with Gasteiger partial charge in [-0.05, 0) is 17.2 Å². The Morgan fingerprint density at radius 2 is 1.80 bits per heavy atom. The Balaban J connectivity index is 2.07. The maximum absolute atomic E-state index is 12.2. The Bertz CT molecular complexity index is 778. The van der Waals surface area contributed by atoms with E-state index in [1.165, 1.54) is 6.08 Å². The number of fused-ring (bicyclic) bond motifs is 4. The van der Waals surface area contributed by atoms with Gasteiger partial charge < -0.3 is 5.32 Å². The Hall–Kier alpha value is -2.68. The van der Waals surface area contributed by atoms with Crippen molar-refractivity contribution in [2.45, 2.75) is 6.04 Å². The van der Waals surface area contributed by atoms with Crippen LogP contribution in [0.2, 0.25) is 0 Å². The molecule has 1 N–H and O–H groups in total. The summed E-state index contributed by atoms with van der Waals surface area (Å²) in [6, 6.07) is 7.35. The van der Waals surface area contributed by atoms with Crippen LogP contribution < -0.4 is 5.32 Å². The number of ketones is 1. The van der Waals surface area contributed by atoms with Crippen molar-refractivity contribution in [1.82, 2.24) is 5.32 Å². The van der Waals surface area contributed by atoms with Gasteiger partial charge in [0.1, 0.15) is 0 Å². The zero-order chi connectivity index (χ0) is 13.7. The second-order valence-corrected chi connectivity index (χ2v) is 4.99. The van der Waals surface area contributed by atoms with Crippen molar-refractivity contribution in [3.8, 4) is 0 Å². The molecular formula is C17H11NO2. The molecule has 1 amide bonds. The fraction of sp³-hybridized carbons (Fsp3) is 0.0588. The molecule has 0 aromatic heterocycles. The van der Waals surface area contributed by atoms with Crippen LogP contribution in [0, 0.1) is 0 Å². The third kappa shape index (κ3) is 1.40. The van der Waals surface area contributed by atoms with Gasteiger partial charge in [-0.2, -0.15) is 0 Å². The van der Waals surface area contributed by atoms with Crippen LogP contribution in [0.1, 0.15) is 15.9 Å². The third-order valence-corrected chi connectivity index (χ3v) is 3.85. The predicted molar refractivity (Wildman–Crippen MR) is 76.0 cm³/mol. The molecule has 1 atom stereocenters. The van der Waals surface area contributed by atoms with Crippen LogP contribution >= 0.6 is 0 Å². The molecule has 3 nitrogen and oxygen atoms in total. The van der Waals surface area contributed by atoms with Crippen LogP contribution in [-0.4, -0.2) is 17.7 Å². The van der Waals surface area contributed by atoms with E-state index in [2.05, 4.69) is 5.32 Å². The van der Waals surface area contributed by atoms with E-state index in [-0.39, 0.29) is 17.7 Å². The molecule has 0 saturated heterocycles. The molecular weight excluding hydrogens is 250 g/mol. The minimum Gasteiger partial charge on any atom is -0.342 e. The predicted octanol–water partition coefficient (Wildman–Crippen LogP) is 2.19. The average molecular weight is 261 g/mol. The van der Waals surface area contributed by atoms with Crippen LogP contribution in [0.5, 0.6) is 0 Å². The second-order valence-electron chi connectivity index (χ2n) is 4.99. The van der Waals surface area contributed by atoms with Crippen LogP contribution in [-0.2, 0) is 4.79 Å². The topological polar surface area (TPSA) is 46.2 Å². The highest BCUT2D eigenvalue weighted by molar-refractivity contribution is 6.24. The number of carbonyl (C=O) groups is 2. The highest BCUT2D eigenvalue weighted by atomic mass is 16.2. The van der Waals surface area contributed by atoms with Gasteiger partial charge in [0.25, 0.3) is 5.91 Å². The SMILES string of the molecule is O=C1NC2C=CC=CC2=C2C1=CC(=O)c1ccccc12. The summed E-state index contributed by atoms with van der Waals surface area (Å²) in [6.07, 6.45) is 9.27. The number of carbonyl (C=O) groups excluding carboxylic acids is 2. The van der Waals surface area contributed by atoms with Gasteiger partial charge in [0, 0.05) is 11.1 Å². The van der Waals surface area contributed by atoms with E-state index in [0.29, 0.717) is 11.1 Å². The lowest BCUT2D eigenvalue weighted by Gasteiger charge is -2.31. The summed E-state index contributed by atoms with van der Waals surface area (Å²) < 4.78 is 0. The van der Waals surface area contributed by atoms with Gasteiger partial charge in [-0.1, -0.05) is 48.6 Å². The summed E-state index contributed by atoms with van der Waals surface area (Å²) in [7, 11) is 0. The first kappa shape index (κ1) is 11.2. The number of nitrogens with one attached hydrogen (secondary N) is 1. The zero-order valence-electron chi connectivity index (χ0n) is 10.6. The first-order valence-corrected chi connectivity index (χ1v) is 6.51. The molecule has 0 radical (unpaired) electrons. The van der Waals surface area contributed by atoms with E-state index >= 15 is 0 Å².